The van der Waals surface area contributed by atoms with E-state index in [0.717, 1.165) is 6.42 Å². The van der Waals surface area contributed by atoms with Crippen LogP contribution in [0.1, 0.15) is 17.5 Å². The normalized spacial score (nSPS) is 20.4. The Kier molecular flexibility index (Phi) is 5.06. The Morgan fingerprint density at radius 2 is 2.00 bits per heavy atom. The highest BCUT2D eigenvalue weighted by Crippen LogP contribution is 2.24. The lowest BCUT2D eigenvalue weighted by molar-refractivity contribution is 0.207. The highest BCUT2D eigenvalue weighted by Gasteiger charge is 2.31. The van der Waals surface area contributed by atoms with Crippen LogP contribution in [-0.2, 0) is 0 Å². The molecule has 30 heavy (non-hydrogen) atoms. The van der Waals surface area contributed by atoms with E-state index in [-0.39, 0.29) is 11.7 Å². The molecule has 4 rings (SSSR count). The van der Waals surface area contributed by atoms with Crippen molar-refractivity contribution >= 4 is 5.71 Å². The number of nitriles is 2. The van der Waals surface area contributed by atoms with Gasteiger partial charge in [0.05, 0.1) is 41.2 Å². The summed E-state index contributed by atoms with van der Waals surface area (Å²) in [7, 11) is 0. The van der Waals surface area contributed by atoms with Crippen LogP contribution in [0.15, 0.2) is 56.9 Å². The molecule has 10 heteroatoms. The number of benzene rings is 1. The Balaban J connectivity index is 1.52. The van der Waals surface area contributed by atoms with Crippen LogP contribution in [-0.4, -0.2) is 45.8 Å². The summed E-state index contributed by atoms with van der Waals surface area (Å²) in [4.78, 5) is 29.9. The second-order valence-corrected chi connectivity index (χ2v) is 6.85. The Morgan fingerprint density at radius 3 is 2.70 bits per heavy atom. The van der Waals surface area contributed by atoms with Gasteiger partial charge in [-0.15, -0.1) is 0 Å². The fourth-order valence-electron chi connectivity index (χ4n) is 3.42. The van der Waals surface area contributed by atoms with Crippen LogP contribution >= 0.6 is 0 Å². The van der Waals surface area contributed by atoms with Crippen molar-refractivity contribution in [3.63, 3.8) is 0 Å². The van der Waals surface area contributed by atoms with Crippen molar-refractivity contribution in [1.29, 1.82) is 10.5 Å². The van der Waals surface area contributed by atoms with Gasteiger partial charge >= 0.3 is 5.69 Å². The van der Waals surface area contributed by atoms with E-state index >= 15 is 0 Å². The molecule has 1 fully saturated rings. The molecule has 0 bridgehead atoms. The quantitative estimate of drug-likeness (QED) is 0.658. The molecular formula is C20H17N7O3. The third kappa shape index (κ3) is 3.80. The van der Waals surface area contributed by atoms with Gasteiger partial charge in [0.2, 0.25) is 0 Å². The molecule has 1 aromatic heterocycles. The Hall–Kier alpha value is -4.31. The summed E-state index contributed by atoms with van der Waals surface area (Å²) in [5, 5.41) is 22.5. The summed E-state index contributed by atoms with van der Waals surface area (Å²) in [5.41, 5.74) is 3.36. The molecule has 150 valence electrons. The molecule has 2 unspecified atom stereocenters. The van der Waals surface area contributed by atoms with E-state index < -0.39 is 17.3 Å². The number of ether oxygens (including phenoxy) is 1. The van der Waals surface area contributed by atoms with Crippen LogP contribution in [0.5, 0.6) is 5.75 Å². The number of hydrazone groups is 1. The third-order valence-corrected chi connectivity index (χ3v) is 4.92. The van der Waals surface area contributed by atoms with Gasteiger partial charge in [-0.25, -0.2) is 4.79 Å². The Bertz CT molecular complexity index is 1210. The van der Waals surface area contributed by atoms with Crippen LogP contribution in [0.25, 0.3) is 0 Å². The van der Waals surface area contributed by atoms with Gasteiger partial charge in [-0.3, -0.25) is 15.2 Å². The van der Waals surface area contributed by atoms with Gasteiger partial charge < -0.3 is 14.6 Å². The molecule has 3 heterocycles. The second-order valence-electron chi connectivity index (χ2n) is 6.85. The van der Waals surface area contributed by atoms with E-state index in [9.17, 15) is 14.9 Å². The van der Waals surface area contributed by atoms with Gasteiger partial charge in [0.15, 0.2) is 6.04 Å². The lowest BCUT2D eigenvalue weighted by Crippen LogP contribution is -2.40. The lowest BCUT2D eigenvalue weighted by atomic mass is 10.1. The van der Waals surface area contributed by atoms with E-state index in [1.807, 2.05) is 4.90 Å². The molecule has 0 saturated carbocycles. The fourth-order valence-corrected chi connectivity index (χ4v) is 3.42. The molecule has 2 aliphatic rings. The second kappa shape index (κ2) is 7.97. The fraction of sp³-hybridized carbons (Fsp3) is 0.250. The molecule has 2 aliphatic heterocycles. The number of likely N-dealkylation sites (tertiary alicyclic amines) is 1. The number of aromatic amines is 2. The van der Waals surface area contributed by atoms with Crippen molar-refractivity contribution in [2.45, 2.75) is 18.6 Å². The van der Waals surface area contributed by atoms with Crippen LogP contribution in [0, 0.1) is 22.7 Å². The van der Waals surface area contributed by atoms with E-state index in [0.29, 0.717) is 35.8 Å². The summed E-state index contributed by atoms with van der Waals surface area (Å²) in [6, 6.07) is 10.5. The summed E-state index contributed by atoms with van der Waals surface area (Å²) >= 11 is 0. The topological polar surface area (TPSA) is 150 Å². The predicted molar refractivity (Wildman–Crippen MR) is 107 cm³/mol. The van der Waals surface area contributed by atoms with E-state index in [2.05, 4.69) is 32.6 Å². The van der Waals surface area contributed by atoms with Crippen molar-refractivity contribution in [1.82, 2.24) is 20.3 Å². The lowest BCUT2D eigenvalue weighted by Gasteiger charge is -2.28. The molecule has 0 aliphatic carbocycles. The first-order chi connectivity index (χ1) is 14.6. The van der Waals surface area contributed by atoms with Crippen LogP contribution in [0.3, 0.4) is 0 Å². The molecule has 1 aromatic carbocycles. The summed E-state index contributed by atoms with van der Waals surface area (Å²) in [6.45, 7) is 1.23. The third-order valence-electron chi connectivity index (χ3n) is 4.92. The van der Waals surface area contributed by atoms with Crippen molar-refractivity contribution < 1.29 is 4.74 Å². The number of H-pyrrole nitrogens is 2. The summed E-state index contributed by atoms with van der Waals surface area (Å²) < 4.78 is 6.00. The van der Waals surface area contributed by atoms with Gasteiger partial charge in [0.1, 0.15) is 11.9 Å². The average molecular weight is 403 g/mol. The van der Waals surface area contributed by atoms with Gasteiger partial charge in [-0.2, -0.15) is 15.6 Å². The number of nitrogens with one attached hydrogen (secondary N) is 3. The summed E-state index contributed by atoms with van der Waals surface area (Å²) in [6.07, 6.45) is 3.64. The van der Waals surface area contributed by atoms with Gasteiger partial charge in [0.25, 0.3) is 5.56 Å². The van der Waals surface area contributed by atoms with Crippen molar-refractivity contribution in [3.8, 4) is 17.9 Å². The van der Waals surface area contributed by atoms with E-state index in [4.69, 9.17) is 10.00 Å². The molecule has 1 saturated heterocycles. The van der Waals surface area contributed by atoms with E-state index in [1.165, 1.54) is 6.20 Å². The van der Waals surface area contributed by atoms with Gasteiger partial charge in [-0.1, -0.05) is 0 Å². The Morgan fingerprint density at radius 1 is 1.20 bits per heavy atom. The molecule has 2 aromatic rings. The predicted octanol–water partition coefficient (Wildman–Crippen LogP) is 0.172. The van der Waals surface area contributed by atoms with E-state index in [1.54, 1.807) is 30.3 Å². The zero-order valence-corrected chi connectivity index (χ0v) is 15.8. The molecule has 3 N–H and O–H groups in total. The maximum Gasteiger partial charge on any atom is 0.325 e. The number of aromatic nitrogens is 2. The molecule has 10 nitrogen and oxygen atoms in total. The minimum Gasteiger partial charge on any atom is -0.489 e. The number of hydrogen-bond acceptors (Lipinski definition) is 8. The van der Waals surface area contributed by atoms with Crippen molar-refractivity contribution in [2.75, 3.05) is 13.1 Å². The van der Waals surface area contributed by atoms with Crippen molar-refractivity contribution in [3.05, 3.63) is 74.2 Å². The monoisotopic (exact) mass is 403 g/mol. The molecule has 2 atom stereocenters. The van der Waals surface area contributed by atoms with Crippen molar-refractivity contribution in [2.24, 2.45) is 5.10 Å². The maximum absolute atomic E-state index is 12.1. The van der Waals surface area contributed by atoms with Gasteiger partial charge in [0, 0.05) is 19.2 Å². The summed E-state index contributed by atoms with van der Waals surface area (Å²) in [5.74, 6) is 0.676. The highest BCUT2D eigenvalue weighted by atomic mass is 16.5. The molecule has 0 spiro atoms. The first-order valence-corrected chi connectivity index (χ1v) is 9.26. The van der Waals surface area contributed by atoms with Crippen LogP contribution < -0.4 is 21.4 Å². The highest BCUT2D eigenvalue weighted by molar-refractivity contribution is 6.09. The molecule has 0 radical (unpaired) electrons. The molecular weight excluding hydrogens is 386 g/mol. The minimum atomic E-state index is -0.663. The largest absolute Gasteiger partial charge is 0.489 e. The standard InChI is InChI=1S/C20H17N7O3/c21-8-12-1-3-13(4-2-12)30-14-5-6-27(11-14)18-7-16(25-26-17(18)9-22)15-10-23-20(29)24-19(15)28/h1-4,7,10,14,17,26H,5-6,11H2,(H2,23,24,28,29). The zero-order chi connectivity index (χ0) is 21.1. The Labute approximate surface area is 170 Å². The number of nitrogens with zero attached hydrogens (tertiary/aromatic N) is 4. The maximum atomic E-state index is 12.1. The number of allylic oxidation sites excluding steroid dienone is 1. The number of rotatable bonds is 4. The first kappa shape index (κ1) is 19.0. The smallest absolute Gasteiger partial charge is 0.325 e. The SMILES string of the molecule is N#Cc1ccc(OC2CCN(C3=CC(c4c[nH]c(=O)[nH]c4=O)=NNC3C#N)C2)cc1. The molecule has 0 amide bonds. The average Bonchev–Trinajstić information content (AvgIpc) is 3.22. The first-order valence-electron chi connectivity index (χ1n) is 9.26. The van der Waals surface area contributed by atoms with Crippen LogP contribution in [0.2, 0.25) is 0 Å². The van der Waals surface area contributed by atoms with Crippen LogP contribution in [0.4, 0.5) is 0 Å². The van der Waals surface area contributed by atoms with Gasteiger partial charge in [-0.05, 0) is 30.3 Å². The zero-order valence-electron chi connectivity index (χ0n) is 15.8. The minimum absolute atomic E-state index is 0.0861. The number of hydrogen-bond donors (Lipinski definition) is 3.